The Hall–Kier alpha value is -1.63. The highest BCUT2D eigenvalue weighted by Crippen LogP contribution is 2.38. The minimum atomic E-state index is 0. The molecule has 3 rings (SSSR count). The molecule has 0 aliphatic carbocycles. The van der Waals surface area contributed by atoms with Crippen LogP contribution in [0.25, 0.3) is 0 Å². The first-order valence-corrected chi connectivity index (χ1v) is 11.9. The minimum Gasteiger partial charge on any atom is -0.497 e. The summed E-state index contributed by atoms with van der Waals surface area (Å²) in [5, 5.41) is 4.66. The molecule has 0 spiro atoms. The van der Waals surface area contributed by atoms with Gasteiger partial charge in [0.15, 0.2) is 11.5 Å². The second-order valence-corrected chi connectivity index (χ2v) is 8.84. The van der Waals surface area contributed by atoms with Crippen LogP contribution in [0.1, 0.15) is 23.6 Å². The molecule has 3 aromatic carbocycles. The van der Waals surface area contributed by atoms with Crippen molar-refractivity contribution in [2.45, 2.75) is 26.5 Å². The van der Waals surface area contributed by atoms with Gasteiger partial charge in [-0.15, -0.1) is 12.4 Å². The van der Waals surface area contributed by atoms with E-state index in [1.165, 1.54) is 5.56 Å². The third-order valence-electron chi connectivity index (χ3n) is 4.83. The Morgan fingerprint density at radius 3 is 2.36 bits per heavy atom. The lowest BCUT2D eigenvalue weighted by Gasteiger charge is -2.16. The fourth-order valence-corrected chi connectivity index (χ4v) is 4.24. The van der Waals surface area contributed by atoms with Gasteiger partial charge in [-0.25, -0.2) is 0 Å². The van der Waals surface area contributed by atoms with Crippen LogP contribution in [0, 0.1) is 0 Å². The maximum atomic E-state index is 6.27. The molecule has 0 radical (unpaired) electrons. The molecule has 0 unspecified atom stereocenters. The van der Waals surface area contributed by atoms with Crippen LogP contribution in [0.4, 0.5) is 0 Å². The van der Waals surface area contributed by atoms with Gasteiger partial charge < -0.3 is 19.5 Å². The number of rotatable bonds is 11. The van der Waals surface area contributed by atoms with Crippen LogP contribution < -0.4 is 19.5 Å². The van der Waals surface area contributed by atoms with Gasteiger partial charge in [0.1, 0.15) is 12.4 Å². The molecular weight excluding hydrogens is 549 g/mol. The Kier molecular flexibility index (Phi) is 11.7. The number of halogens is 4. The summed E-state index contributed by atoms with van der Waals surface area (Å²) >= 11 is 15.9. The quantitative estimate of drug-likeness (QED) is 0.241. The van der Waals surface area contributed by atoms with Crippen LogP contribution in [0.15, 0.2) is 59.1 Å². The Morgan fingerprint density at radius 2 is 1.70 bits per heavy atom. The smallest absolute Gasteiger partial charge is 0.175 e. The van der Waals surface area contributed by atoms with Crippen LogP contribution >= 0.6 is 51.5 Å². The van der Waals surface area contributed by atoms with Crippen molar-refractivity contribution >= 4 is 51.5 Å². The van der Waals surface area contributed by atoms with Gasteiger partial charge in [-0.05, 0) is 83.3 Å². The summed E-state index contributed by atoms with van der Waals surface area (Å²) < 4.78 is 17.9. The molecule has 0 bridgehead atoms. The van der Waals surface area contributed by atoms with E-state index in [2.05, 4.69) is 33.4 Å². The lowest BCUT2D eigenvalue weighted by molar-refractivity contribution is 0.267. The SMILES string of the molecule is CCOc1cc(CNCCc2ccc(OC)cc2)cc(Br)c1OCc1ccc(Cl)cc1Cl.Cl. The fraction of sp³-hybridized carbons (Fsp3) is 0.280. The molecule has 8 heteroatoms. The van der Waals surface area contributed by atoms with E-state index in [4.69, 9.17) is 37.4 Å². The highest BCUT2D eigenvalue weighted by molar-refractivity contribution is 9.10. The van der Waals surface area contributed by atoms with Crippen LogP contribution in [-0.2, 0) is 19.6 Å². The molecule has 33 heavy (non-hydrogen) atoms. The monoisotopic (exact) mass is 573 g/mol. The standard InChI is InChI=1S/C25H26BrCl2NO3.ClH/c1-3-31-24-13-18(15-29-11-10-17-4-8-21(30-2)9-5-17)12-22(26)25(24)32-16-19-6-7-20(27)14-23(19)28;/h4-9,12-14,29H,3,10-11,15-16H2,1-2H3;1H. The van der Waals surface area contributed by atoms with E-state index < -0.39 is 0 Å². The van der Waals surface area contributed by atoms with Crippen molar-refractivity contribution in [2.24, 2.45) is 0 Å². The second-order valence-electron chi connectivity index (χ2n) is 7.14. The molecular formula is C25H27BrCl3NO3. The molecule has 0 aromatic heterocycles. The van der Waals surface area contributed by atoms with E-state index >= 15 is 0 Å². The van der Waals surface area contributed by atoms with E-state index in [0.717, 1.165) is 40.9 Å². The number of hydrogen-bond acceptors (Lipinski definition) is 4. The molecule has 1 N–H and O–H groups in total. The highest BCUT2D eigenvalue weighted by atomic mass is 79.9. The zero-order chi connectivity index (χ0) is 22.9. The van der Waals surface area contributed by atoms with Gasteiger partial charge in [0.2, 0.25) is 0 Å². The van der Waals surface area contributed by atoms with Crippen molar-refractivity contribution in [3.8, 4) is 17.2 Å². The molecule has 0 aliphatic heterocycles. The lowest BCUT2D eigenvalue weighted by Crippen LogP contribution is -2.17. The molecule has 0 heterocycles. The topological polar surface area (TPSA) is 39.7 Å². The maximum absolute atomic E-state index is 6.27. The van der Waals surface area contributed by atoms with Crippen molar-refractivity contribution in [2.75, 3.05) is 20.3 Å². The Balaban J connectivity index is 0.00000385. The maximum Gasteiger partial charge on any atom is 0.175 e. The zero-order valence-corrected chi connectivity index (χ0v) is 22.4. The predicted octanol–water partition coefficient (Wildman–Crippen LogP) is 7.50. The minimum absolute atomic E-state index is 0. The van der Waals surface area contributed by atoms with E-state index in [9.17, 15) is 0 Å². The van der Waals surface area contributed by atoms with E-state index in [1.807, 2.05) is 37.3 Å². The molecule has 178 valence electrons. The normalized spacial score (nSPS) is 10.5. The lowest BCUT2D eigenvalue weighted by atomic mass is 10.1. The van der Waals surface area contributed by atoms with Crippen LogP contribution in [0.3, 0.4) is 0 Å². The van der Waals surface area contributed by atoms with Gasteiger partial charge >= 0.3 is 0 Å². The van der Waals surface area contributed by atoms with Gasteiger partial charge in [-0.3, -0.25) is 0 Å². The average Bonchev–Trinajstić information content (AvgIpc) is 2.78. The van der Waals surface area contributed by atoms with Crippen molar-refractivity contribution in [1.29, 1.82) is 0 Å². The largest absolute Gasteiger partial charge is 0.497 e. The highest BCUT2D eigenvalue weighted by Gasteiger charge is 2.13. The number of hydrogen-bond donors (Lipinski definition) is 1. The third kappa shape index (κ3) is 8.27. The molecule has 0 atom stereocenters. The van der Waals surface area contributed by atoms with Gasteiger partial charge in [0.25, 0.3) is 0 Å². The Labute approximate surface area is 220 Å². The predicted molar refractivity (Wildman–Crippen MR) is 142 cm³/mol. The van der Waals surface area contributed by atoms with Crippen molar-refractivity contribution < 1.29 is 14.2 Å². The zero-order valence-electron chi connectivity index (χ0n) is 18.5. The first kappa shape index (κ1) is 27.6. The molecule has 0 aliphatic rings. The fourth-order valence-electron chi connectivity index (χ4n) is 3.17. The summed E-state index contributed by atoms with van der Waals surface area (Å²) in [6.07, 6.45) is 0.937. The molecule has 0 fully saturated rings. The first-order valence-electron chi connectivity index (χ1n) is 10.4. The van der Waals surface area contributed by atoms with Crippen molar-refractivity contribution in [3.05, 3.63) is 85.8 Å². The summed E-state index contributed by atoms with van der Waals surface area (Å²) in [5.74, 6) is 2.22. The van der Waals surface area contributed by atoms with Crippen molar-refractivity contribution in [3.63, 3.8) is 0 Å². The average molecular weight is 576 g/mol. The van der Waals surface area contributed by atoms with Crippen LogP contribution in [0.2, 0.25) is 10.0 Å². The molecule has 0 saturated carbocycles. The van der Waals surface area contributed by atoms with Crippen LogP contribution in [0.5, 0.6) is 17.2 Å². The summed E-state index contributed by atoms with van der Waals surface area (Å²) in [6, 6.07) is 17.6. The summed E-state index contributed by atoms with van der Waals surface area (Å²) in [4.78, 5) is 0. The first-order chi connectivity index (χ1) is 15.5. The molecule has 4 nitrogen and oxygen atoms in total. The Bertz CT molecular complexity index is 1030. The second kappa shape index (κ2) is 13.9. The Morgan fingerprint density at radius 1 is 0.939 bits per heavy atom. The van der Waals surface area contributed by atoms with Gasteiger partial charge in [0, 0.05) is 22.2 Å². The number of methoxy groups -OCH3 is 1. The summed E-state index contributed by atoms with van der Waals surface area (Å²) in [7, 11) is 1.67. The number of ether oxygens (including phenoxy) is 3. The van der Waals surface area contributed by atoms with Crippen molar-refractivity contribution in [1.82, 2.24) is 5.32 Å². The molecule has 3 aromatic rings. The third-order valence-corrected chi connectivity index (χ3v) is 6.01. The van der Waals surface area contributed by atoms with Gasteiger partial charge in [-0.1, -0.05) is 41.4 Å². The van der Waals surface area contributed by atoms with E-state index in [-0.39, 0.29) is 12.4 Å². The molecule has 0 saturated heterocycles. The van der Waals surface area contributed by atoms with Gasteiger partial charge in [0.05, 0.1) is 18.2 Å². The number of nitrogens with one attached hydrogen (secondary N) is 1. The van der Waals surface area contributed by atoms with E-state index in [0.29, 0.717) is 34.8 Å². The summed E-state index contributed by atoms with van der Waals surface area (Å²) in [6.45, 7) is 4.39. The number of benzene rings is 3. The van der Waals surface area contributed by atoms with E-state index in [1.54, 1.807) is 19.2 Å². The molecule has 0 amide bonds. The summed E-state index contributed by atoms with van der Waals surface area (Å²) in [5.41, 5.74) is 3.22. The van der Waals surface area contributed by atoms with Crippen LogP contribution in [-0.4, -0.2) is 20.3 Å². The van der Waals surface area contributed by atoms with Gasteiger partial charge in [-0.2, -0.15) is 0 Å².